The van der Waals surface area contributed by atoms with Crippen molar-refractivity contribution in [3.8, 4) is 0 Å². The summed E-state index contributed by atoms with van der Waals surface area (Å²) in [6, 6.07) is 10.0. The molecule has 0 fully saturated rings. The molecule has 3 rings (SSSR count). The lowest BCUT2D eigenvalue weighted by molar-refractivity contribution is -0.115. The summed E-state index contributed by atoms with van der Waals surface area (Å²) in [6.07, 6.45) is 1.07. The molecule has 1 aromatic carbocycles. The van der Waals surface area contributed by atoms with Crippen molar-refractivity contribution in [2.45, 2.75) is 39.3 Å². The number of esters is 1. The number of methoxy groups -OCH3 is 1. The number of amides is 1. The summed E-state index contributed by atoms with van der Waals surface area (Å²) in [5, 5.41) is 3.54. The predicted molar refractivity (Wildman–Crippen MR) is 111 cm³/mol. The number of ether oxygens (including phenoxy) is 1. The van der Waals surface area contributed by atoms with E-state index >= 15 is 0 Å². The van der Waals surface area contributed by atoms with Crippen LogP contribution in [0.4, 0.5) is 5.00 Å². The number of thiophene rings is 1. The van der Waals surface area contributed by atoms with Crippen molar-refractivity contribution in [3.05, 3.63) is 51.9 Å². The van der Waals surface area contributed by atoms with Gasteiger partial charge in [-0.15, -0.1) is 23.7 Å². The monoisotopic (exact) mass is 408 g/mol. The second-order valence-corrected chi connectivity index (χ2v) is 7.83. The van der Waals surface area contributed by atoms with E-state index in [4.69, 9.17) is 4.74 Å². The Labute approximate surface area is 170 Å². The molecule has 1 aliphatic rings. The molecule has 0 unspecified atom stereocenters. The van der Waals surface area contributed by atoms with Crippen molar-refractivity contribution in [2.24, 2.45) is 0 Å². The molecule has 5 nitrogen and oxygen atoms in total. The predicted octanol–water partition coefficient (Wildman–Crippen LogP) is 3.90. The summed E-state index contributed by atoms with van der Waals surface area (Å²) in [4.78, 5) is 28.3. The maximum atomic E-state index is 12.5. The maximum absolute atomic E-state index is 12.5. The highest BCUT2D eigenvalue weighted by Gasteiger charge is 2.29. The number of anilines is 1. The van der Waals surface area contributed by atoms with Gasteiger partial charge < -0.3 is 10.1 Å². The zero-order valence-corrected chi connectivity index (χ0v) is 17.4. The quantitative estimate of drug-likeness (QED) is 0.762. The first-order valence-electron chi connectivity index (χ1n) is 8.80. The molecule has 1 aromatic heterocycles. The summed E-state index contributed by atoms with van der Waals surface area (Å²) in [5.41, 5.74) is 2.49. The largest absolute Gasteiger partial charge is 0.465 e. The third-order valence-electron chi connectivity index (χ3n) is 4.67. The molecule has 0 radical (unpaired) electrons. The molecule has 1 N–H and O–H groups in total. The van der Waals surface area contributed by atoms with Crippen LogP contribution in [0.2, 0.25) is 0 Å². The molecule has 146 valence electrons. The van der Waals surface area contributed by atoms with E-state index in [2.05, 4.69) is 24.1 Å². The van der Waals surface area contributed by atoms with Gasteiger partial charge in [0.05, 0.1) is 19.1 Å². The number of benzene rings is 1. The third-order valence-corrected chi connectivity index (χ3v) is 5.80. The van der Waals surface area contributed by atoms with E-state index in [0.717, 1.165) is 35.5 Å². The summed E-state index contributed by atoms with van der Waals surface area (Å²) in [6.45, 7) is 6.05. The number of halogens is 1. The van der Waals surface area contributed by atoms with Crippen molar-refractivity contribution < 1.29 is 14.3 Å². The normalized spacial score (nSPS) is 13.6. The molecule has 0 saturated heterocycles. The summed E-state index contributed by atoms with van der Waals surface area (Å²) in [7, 11) is 1.38. The molecule has 0 bridgehead atoms. The minimum absolute atomic E-state index is 0. The number of fused-ring (bicyclic) bond motifs is 1. The molecule has 1 amide bonds. The second kappa shape index (κ2) is 9.35. The van der Waals surface area contributed by atoms with Crippen molar-refractivity contribution >= 4 is 40.6 Å². The molecular weight excluding hydrogens is 384 g/mol. The van der Waals surface area contributed by atoms with Crippen LogP contribution < -0.4 is 5.32 Å². The van der Waals surface area contributed by atoms with Gasteiger partial charge in [0.25, 0.3) is 0 Å². The lowest BCUT2D eigenvalue weighted by Gasteiger charge is -2.30. The van der Waals surface area contributed by atoms with E-state index < -0.39 is 0 Å². The van der Waals surface area contributed by atoms with Gasteiger partial charge in [0, 0.05) is 24.0 Å². The minimum atomic E-state index is -0.379. The van der Waals surface area contributed by atoms with Crippen LogP contribution >= 0.6 is 23.7 Å². The summed E-state index contributed by atoms with van der Waals surface area (Å²) < 4.78 is 4.98. The Kier molecular flexibility index (Phi) is 7.41. The number of carbonyl (C=O) groups excluding carboxylic acids is 2. The molecule has 1 aliphatic heterocycles. The van der Waals surface area contributed by atoms with Crippen molar-refractivity contribution in [2.75, 3.05) is 19.0 Å². The molecule has 7 heteroatoms. The topological polar surface area (TPSA) is 58.6 Å². The first-order chi connectivity index (χ1) is 12.5. The van der Waals surface area contributed by atoms with E-state index in [9.17, 15) is 9.59 Å². The van der Waals surface area contributed by atoms with Crippen LogP contribution in [0.15, 0.2) is 30.3 Å². The zero-order valence-electron chi connectivity index (χ0n) is 15.8. The summed E-state index contributed by atoms with van der Waals surface area (Å²) in [5.74, 6) is -0.504. The average molecular weight is 409 g/mol. The first-order valence-corrected chi connectivity index (χ1v) is 9.62. The van der Waals surface area contributed by atoms with Gasteiger partial charge in [0.2, 0.25) is 5.91 Å². The van der Waals surface area contributed by atoms with Gasteiger partial charge in [-0.05, 0) is 31.4 Å². The molecule has 27 heavy (non-hydrogen) atoms. The zero-order chi connectivity index (χ0) is 18.7. The van der Waals surface area contributed by atoms with Gasteiger partial charge in [-0.1, -0.05) is 30.3 Å². The number of nitrogens with one attached hydrogen (secondary N) is 1. The van der Waals surface area contributed by atoms with Gasteiger partial charge in [-0.25, -0.2) is 4.79 Å². The standard InChI is InChI=1S/C20H24N2O3S.ClH/c1-13(2)22-10-9-15-16(12-22)26-19(18(15)20(24)25-3)21-17(23)11-14-7-5-4-6-8-14;/h4-8,13H,9-12H2,1-3H3,(H,21,23);1H. The Morgan fingerprint density at radius 2 is 1.96 bits per heavy atom. The Morgan fingerprint density at radius 3 is 2.59 bits per heavy atom. The third kappa shape index (κ3) is 4.89. The Balaban J connectivity index is 0.00000261. The first kappa shape index (κ1) is 21.4. The molecule has 0 aliphatic carbocycles. The van der Waals surface area contributed by atoms with E-state index in [1.165, 1.54) is 18.4 Å². The lowest BCUT2D eigenvalue weighted by atomic mass is 10.0. The Bertz CT molecular complexity index is 805. The van der Waals surface area contributed by atoms with E-state index in [1.54, 1.807) is 0 Å². The molecule has 0 saturated carbocycles. The fraction of sp³-hybridized carbons (Fsp3) is 0.400. The van der Waals surface area contributed by atoms with Crippen molar-refractivity contribution in [1.29, 1.82) is 0 Å². The van der Waals surface area contributed by atoms with Crippen LogP contribution in [-0.2, 0) is 28.9 Å². The highest BCUT2D eigenvalue weighted by molar-refractivity contribution is 7.17. The molecule has 2 heterocycles. The van der Waals surface area contributed by atoms with Crippen LogP contribution in [-0.4, -0.2) is 36.5 Å². The van der Waals surface area contributed by atoms with Crippen LogP contribution in [0.5, 0.6) is 0 Å². The highest BCUT2D eigenvalue weighted by Crippen LogP contribution is 2.38. The average Bonchev–Trinajstić information content (AvgIpc) is 2.98. The molecular formula is C20H25ClN2O3S. The second-order valence-electron chi connectivity index (χ2n) is 6.72. The van der Waals surface area contributed by atoms with Crippen LogP contribution in [0.3, 0.4) is 0 Å². The number of hydrogen-bond donors (Lipinski definition) is 1. The Hall–Kier alpha value is -1.89. The fourth-order valence-electron chi connectivity index (χ4n) is 3.22. The fourth-order valence-corrected chi connectivity index (χ4v) is 4.50. The minimum Gasteiger partial charge on any atom is -0.465 e. The molecule has 0 spiro atoms. The highest BCUT2D eigenvalue weighted by atomic mass is 35.5. The van der Waals surface area contributed by atoms with Gasteiger partial charge in [-0.2, -0.15) is 0 Å². The van der Waals surface area contributed by atoms with Gasteiger partial charge in [0.15, 0.2) is 0 Å². The SMILES string of the molecule is COC(=O)c1c(NC(=O)Cc2ccccc2)sc2c1CCN(C(C)C)C2.Cl. The lowest BCUT2D eigenvalue weighted by Crippen LogP contribution is -2.35. The molecule has 2 aromatic rings. The van der Waals surface area contributed by atoms with Gasteiger partial charge in [0.1, 0.15) is 5.00 Å². The van der Waals surface area contributed by atoms with E-state index in [0.29, 0.717) is 16.6 Å². The Morgan fingerprint density at radius 1 is 1.26 bits per heavy atom. The van der Waals surface area contributed by atoms with Crippen LogP contribution in [0, 0.1) is 0 Å². The maximum Gasteiger partial charge on any atom is 0.341 e. The van der Waals surface area contributed by atoms with Crippen molar-refractivity contribution in [1.82, 2.24) is 4.90 Å². The smallest absolute Gasteiger partial charge is 0.341 e. The van der Waals surface area contributed by atoms with E-state index in [-0.39, 0.29) is 30.7 Å². The number of rotatable bonds is 5. The molecule has 0 atom stereocenters. The van der Waals surface area contributed by atoms with Crippen molar-refractivity contribution in [3.63, 3.8) is 0 Å². The van der Waals surface area contributed by atoms with Gasteiger partial charge >= 0.3 is 5.97 Å². The number of carbonyl (C=O) groups is 2. The van der Waals surface area contributed by atoms with E-state index in [1.807, 2.05) is 30.3 Å². The number of hydrogen-bond acceptors (Lipinski definition) is 5. The van der Waals surface area contributed by atoms with Crippen LogP contribution in [0.25, 0.3) is 0 Å². The van der Waals surface area contributed by atoms with Crippen LogP contribution in [0.1, 0.15) is 40.2 Å². The number of nitrogens with zero attached hydrogens (tertiary/aromatic N) is 1. The summed E-state index contributed by atoms with van der Waals surface area (Å²) >= 11 is 1.49. The van der Waals surface area contributed by atoms with Gasteiger partial charge in [-0.3, -0.25) is 9.69 Å².